The standard InChI is InChI=1S/C55H92N8O24/c56-33(25-32-13-5-1-6-14-32)52(81)62-39(69)17-9-4-12-20-59-42(72)28-63(26-40(70)57-18-10-2-7-15-37(67)60-21-23-82-53-49(79)46(76)43(73)34(29-64)84-53)27-41(71)58-19-11-3-8-16-38(68)61-22-24-83-55-51(48(78)45(75)36(31-66)86-55)87-54-50(80)47(77)44(74)35(30-65)85-54/h1,5-6,13-14,33-36,43-51,53-55,64-66,73-80H,2-4,7-12,15-31,56H2,(H,57,70)(H,58,71)(H,59,72)(H,60,67)(H,61,68)(H,62,69,81)/t33-,34+,35+,36+,43+,44+,45+,46-,47-,48-,49-,50-,51-,53-,54+,55-/m0/s1. The molecule has 0 bridgehead atoms. The molecule has 3 heterocycles. The lowest BCUT2D eigenvalue weighted by molar-refractivity contribution is -0.367. The molecule has 3 aliphatic heterocycles. The Kier molecular flexibility index (Phi) is 34.7. The van der Waals surface area contributed by atoms with E-state index < -0.39 is 148 Å². The Morgan fingerprint density at radius 3 is 1.31 bits per heavy atom. The van der Waals surface area contributed by atoms with Gasteiger partial charge in [0.2, 0.25) is 41.4 Å². The van der Waals surface area contributed by atoms with Crippen molar-refractivity contribution in [3.63, 3.8) is 0 Å². The monoisotopic (exact) mass is 1250 g/mol. The molecule has 0 saturated carbocycles. The first kappa shape index (κ1) is 74.4. The summed E-state index contributed by atoms with van der Waals surface area (Å²) in [7, 11) is 0. The van der Waals surface area contributed by atoms with Crippen molar-refractivity contribution < 1.29 is 118 Å². The first-order valence-electron chi connectivity index (χ1n) is 29.5. The lowest BCUT2D eigenvalue weighted by Gasteiger charge is -2.45. The summed E-state index contributed by atoms with van der Waals surface area (Å²) in [5, 5.41) is 126. The van der Waals surface area contributed by atoms with Gasteiger partial charge in [-0.3, -0.25) is 43.8 Å². The fourth-order valence-electron chi connectivity index (χ4n) is 9.43. The zero-order valence-corrected chi connectivity index (χ0v) is 48.8. The van der Waals surface area contributed by atoms with Gasteiger partial charge in [0.15, 0.2) is 18.9 Å². The minimum atomic E-state index is -1.85. The molecule has 3 saturated heterocycles. The molecule has 32 heteroatoms. The van der Waals surface area contributed by atoms with Crippen LogP contribution in [0, 0.1) is 0 Å². The number of carbonyl (C=O) groups is 7. The van der Waals surface area contributed by atoms with Crippen molar-refractivity contribution in [3.8, 4) is 0 Å². The van der Waals surface area contributed by atoms with Crippen LogP contribution in [0.2, 0.25) is 0 Å². The Bertz CT molecular complexity index is 2210. The molecule has 19 N–H and O–H groups in total. The molecule has 496 valence electrons. The number of nitrogens with two attached hydrogens (primary N) is 1. The number of hydrogen-bond donors (Lipinski definition) is 18. The van der Waals surface area contributed by atoms with E-state index >= 15 is 0 Å². The molecule has 0 aliphatic carbocycles. The van der Waals surface area contributed by atoms with Gasteiger partial charge in [-0.1, -0.05) is 49.6 Å². The third-order valence-corrected chi connectivity index (χ3v) is 14.4. The summed E-state index contributed by atoms with van der Waals surface area (Å²) in [4.78, 5) is 90.4. The summed E-state index contributed by atoms with van der Waals surface area (Å²) in [5.41, 5.74) is 6.83. The van der Waals surface area contributed by atoms with Crippen molar-refractivity contribution in [3.05, 3.63) is 35.9 Å². The molecule has 3 aliphatic rings. The third-order valence-electron chi connectivity index (χ3n) is 14.4. The zero-order valence-electron chi connectivity index (χ0n) is 48.8. The number of hydrogen-bond acceptors (Lipinski definition) is 26. The predicted molar refractivity (Wildman–Crippen MR) is 300 cm³/mol. The highest BCUT2D eigenvalue weighted by Gasteiger charge is 2.51. The van der Waals surface area contributed by atoms with Crippen molar-refractivity contribution in [2.24, 2.45) is 5.73 Å². The van der Waals surface area contributed by atoms with Crippen molar-refractivity contribution in [2.45, 2.75) is 182 Å². The molecular weight excluding hydrogens is 1160 g/mol. The number of nitrogens with one attached hydrogen (secondary N) is 6. The number of carbonyl (C=O) groups excluding carboxylic acids is 7. The van der Waals surface area contributed by atoms with E-state index in [0.29, 0.717) is 57.8 Å². The maximum absolute atomic E-state index is 13.1. The quantitative estimate of drug-likeness (QED) is 0.0271. The zero-order chi connectivity index (χ0) is 63.8. The average Bonchev–Trinajstić information content (AvgIpc) is 1.69. The number of amides is 7. The normalized spacial score (nSPS) is 27.6. The van der Waals surface area contributed by atoms with E-state index in [0.717, 1.165) is 5.56 Å². The van der Waals surface area contributed by atoms with Gasteiger partial charge < -0.3 is 117 Å². The topological polar surface area (TPSA) is 499 Å². The van der Waals surface area contributed by atoms with Gasteiger partial charge in [-0.2, -0.15) is 0 Å². The summed E-state index contributed by atoms with van der Waals surface area (Å²) in [6, 6.07) is 8.26. The summed E-state index contributed by atoms with van der Waals surface area (Å²) in [5.74, 6) is -3.08. The molecule has 32 nitrogen and oxygen atoms in total. The first-order chi connectivity index (χ1) is 41.7. The van der Waals surface area contributed by atoms with Crippen LogP contribution in [0.3, 0.4) is 0 Å². The maximum Gasteiger partial charge on any atom is 0.243 e. The molecule has 7 amide bonds. The molecule has 0 aromatic heterocycles. The van der Waals surface area contributed by atoms with E-state index in [4.69, 9.17) is 34.2 Å². The van der Waals surface area contributed by atoms with Crippen LogP contribution in [0.1, 0.15) is 82.6 Å². The number of unbranched alkanes of at least 4 members (excludes halogenated alkanes) is 6. The molecule has 3 fully saturated rings. The van der Waals surface area contributed by atoms with E-state index in [2.05, 4.69) is 31.9 Å². The molecule has 87 heavy (non-hydrogen) atoms. The van der Waals surface area contributed by atoms with Gasteiger partial charge in [0, 0.05) is 52.0 Å². The molecule has 16 atom stereocenters. The maximum atomic E-state index is 13.1. The molecular formula is C55H92N8O24. The number of nitrogens with zero attached hydrogens (tertiary/aromatic N) is 1. The lowest BCUT2D eigenvalue weighted by atomic mass is 9.97. The van der Waals surface area contributed by atoms with E-state index in [-0.39, 0.29) is 103 Å². The van der Waals surface area contributed by atoms with Crippen LogP contribution in [-0.2, 0) is 68.4 Å². The van der Waals surface area contributed by atoms with E-state index in [1.807, 2.05) is 30.3 Å². The molecule has 1 aromatic carbocycles. The van der Waals surface area contributed by atoms with Crippen LogP contribution in [0.5, 0.6) is 0 Å². The van der Waals surface area contributed by atoms with E-state index in [1.165, 1.54) is 4.90 Å². The van der Waals surface area contributed by atoms with E-state index in [9.17, 15) is 89.7 Å². The van der Waals surface area contributed by atoms with Crippen molar-refractivity contribution in [2.75, 3.05) is 85.4 Å². The molecule has 1 aromatic rings. The number of imide groups is 1. The van der Waals surface area contributed by atoms with Crippen LogP contribution in [0.25, 0.3) is 0 Å². The van der Waals surface area contributed by atoms with Gasteiger partial charge in [0.1, 0.15) is 73.2 Å². The Morgan fingerprint density at radius 1 is 0.460 bits per heavy atom. The first-order valence-corrected chi connectivity index (χ1v) is 29.5. The Labute approximate surface area is 503 Å². The molecule has 0 radical (unpaired) electrons. The van der Waals surface area contributed by atoms with Crippen LogP contribution < -0.4 is 37.6 Å². The second kappa shape index (κ2) is 40.6. The Hall–Kier alpha value is -5.05. The second-order valence-corrected chi connectivity index (χ2v) is 21.5. The Balaban J connectivity index is 1.14. The average molecular weight is 1250 g/mol. The summed E-state index contributed by atoms with van der Waals surface area (Å²) < 4.78 is 32.9. The van der Waals surface area contributed by atoms with Crippen molar-refractivity contribution in [1.29, 1.82) is 0 Å². The van der Waals surface area contributed by atoms with Gasteiger partial charge in [-0.25, -0.2) is 0 Å². The van der Waals surface area contributed by atoms with Gasteiger partial charge in [-0.15, -0.1) is 0 Å². The minimum absolute atomic E-state index is 0.0493. The summed E-state index contributed by atoms with van der Waals surface area (Å²) >= 11 is 0. The van der Waals surface area contributed by atoms with Gasteiger partial charge in [-0.05, 0) is 50.5 Å². The van der Waals surface area contributed by atoms with Crippen LogP contribution in [0.15, 0.2) is 30.3 Å². The number of aliphatic hydroxyl groups excluding tert-OH is 11. The van der Waals surface area contributed by atoms with Crippen LogP contribution in [0.4, 0.5) is 0 Å². The summed E-state index contributed by atoms with van der Waals surface area (Å²) in [6.45, 7) is -2.67. The van der Waals surface area contributed by atoms with Crippen molar-refractivity contribution >= 4 is 41.4 Å². The highest BCUT2D eigenvalue weighted by atomic mass is 16.8. The smallest absolute Gasteiger partial charge is 0.243 e. The highest BCUT2D eigenvalue weighted by molar-refractivity contribution is 5.97. The fraction of sp³-hybridized carbons (Fsp3) is 0.764. The third kappa shape index (κ3) is 26.5. The summed E-state index contributed by atoms with van der Waals surface area (Å²) in [6.07, 6.45) is -18.4. The number of rotatable bonds is 40. The number of ether oxygens (including phenoxy) is 6. The second-order valence-electron chi connectivity index (χ2n) is 21.5. The predicted octanol–water partition coefficient (Wildman–Crippen LogP) is -7.78. The molecule has 0 spiro atoms. The van der Waals surface area contributed by atoms with Gasteiger partial charge in [0.25, 0.3) is 0 Å². The van der Waals surface area contributed by atoms with E-state index in [1.54, 1.807) is 0 Å². The Morgan fingerprint density at radius 2 is 0.851 bits per heavy atom. The minimum Gasteiger partial charge on any atom is -0.394 e. The molecule has 4 rings (SSSR count). The van der Waals surface area contributed by atoms with Crippen LogP contribution in [-0.4, -0.2) is 286 Å². The highest BCUT2D eigenvalue weighted by Crippen LogP contribution is 2.30. The molecule has 0 unspecified atom stereocenters. The number of benzene rings is 1. The fourth-order valence-corrected chi connectivity index (χ4v) is 9.43. The van der Waals surface area contributed by atoms with Crippen LogP contribution >= 0.6 is 0 Å². The lowest BCUT2D eigenvalue weighted by Crippen LogP contribution is -2.64. The van der Waals surface area contributed by atoms with Gasteiger partial charge in [0.05, 0.1) is 58.7 Å². The largest absolute Gasteiger partial charge is 0.394 e. The number of aliphatic hydroxyl groups is 11. The van der Waals surface area contributed by atoms with Gasteiger partial charge >= 0.3 is 0 Å². The SMILES string of the molecule is N[C@@H](Cc1ccccc1)C(=O)NC(=O)CCCCCNC(=O)CN(CC(=O)NCCCCCC(=O)NCCO[C@H]1O[C@H](CO)[C@@H](O)[C@H](O)[C@@H]1O)CC(=O)NCCCCCC(=O)NCCO[C@H]1O[C@H](CO)[C@@H](O)[C@H](O)[C@@H]1O[C@H]1O[C@H](CO)[C@@H](O)[C@H](O)[C@@H]1O. The van der Waals surface area contributed by atoms with Crippen molar-refractivity contribution in [1.82, 2.24) is 36.8 Å².